The smallest absolute Gasteiger partial charge is 0.257 e. The molecule has 2 N–H and O–H groups in total. The van der Waals surface area contributed by atoms with E-state index in [1.165, 1.54) is 11.1 Å². The first kappa shape index (κ1) is 17.2. The van der Waals surface area contributed by atoms with Gasteiger partial charge >= 0.3 is 0 Å². The van der Waals surface area contributed by atoms with E-state index in [1.54, 1.807) is 17.1 Å². The van der Waals surface area contributed by atoms with Crippen molar-refractivity contribution >= 4 is 5.91 Å². The fourth-order valence-electron chi connectivity index (χ4n) is 4.30. The quantitative estimate of drug-likeness (QED) is 0.884. The van der Waals surface area contributed by atoms with Crippen molar-refractivity contribution < 1.29 is 4.79 Å². The normalized spacial score (nSPS) is 26.2. The van der Waals surface area contributed by atoms with Crippen LogP contribution in [0.4, 0.5) is 0 Å². The number of carbonyl (C=O) groups excluding carboxylic acids is 1. The Balaban J connectivity index is 1.48. The van der Waals surface area contributed by atoms with Crippen molar-refractivity contribution in [3.63, 3.8) is 0 Å². The highest BCUT2D eigenvalue weighted by Crippen LogP contribution is 2.32. The lowest BCUT2D eigenvalue weighted by atomic mass is 9.81. The first-order valence-electron chi connectivity index (χ1n) is 9.44. The van der Waals surface area contributed by atoms with Crippen molar-refractivity contribution in [1.29, 1.82) is 0 Å². The van der Waals surface area contributed by atoms with Gasteiger partial charge in [0, 0.05) is 44.8 Å². The minimum Gasteiger partial charge on any atom is -0.338 e. The van der Waals surface area contributed by atoms with Crippen molar-refractivity contribution in [3.05, 3.63) is 53.3 Å². The Kier molecular flexibility index (Phi) is 4.78. The van der Waals surface area contributed by atoms with Crippen LogP contribution >= 0.6 is 0 Å². The molecule has 6 heteroatoms. The molecule has 4 rings (SSSR count). The first-order valence-corrected chi connectivity index (χ1v) is 9.44. The van der Waals surface area contributed by atoms with Gasteiger partial charge in [0.1, 0.15) is 0 Å². The molecular formula is C20H27N5O. The molecule has 2 saturated heterocycles. The number of amides is 1. The number of benzene rings is 1. The zero-order valence-electron chi connectivity index (χ0n) is 15.5. The summed E-state index contributed by atoms with van der Waals surface area (Å²) in [6.45, 7) is 4.69. The number of aryl methyl sites for hydroxylation is 2. The summed E-state index contributed by atoms with van der Waals surface area (Å²) >= 11 is 0. The lowest BCUT2D eigenvalue weighted by Gasteiger charge is -2.37. The summed E-state index contributed by atoms with van der Waals surface area (Å²) in [6.07, 6.45) is 5.67. The van der Waals surface area contributed by atoms with E-state index >= 15 is 0 Å². The number of hydrazine groups is 1. The molecule has 0 saturated carbocycles. The largest absolute Gasteiger partial charge is 0.338 e. The highest BCUT2D eigenvalue weighted by atomic mass is 16.2. The number of nitrogens with zero attached hydrogens (tertiary/aromatic N) is 3. The second-order valence-electron chi connectivity index (χ2n) is 7.62. The maximum absolute atomic E-state index is 12.8. The monoisotopic (exact) mass is 353 g/mol. The van der Waals surface area contributed by atoms with Gasteiger partial charge in [-0.3, -0.25) is 20.3 Å². The minimum atomic E-state index is 0.0978. The van der Waals surface area contributed by atoms with Crippen LogP contribution in [0.2, 0.25) is 0 Å². The van der Waals surface area contributed by atoms with E-state index < -0.39 is 0 Å². The molecule has 138 valence electrons. The number of rotatable bonds is 3. The Bertz CT molecular complexity index is 769. The average Bonchev–Trinajstić information content (AvgIpc) is 3.31. The van der Waals surface area contributed by atoms with Crippen LogP contribution in [0.1, 0.15) is 40.2 Å². The highest BCUT2D eigenvalue weighted by molar-refractivity contribution is 5.93. The van der Waals surface area contributed by atoms with Gasteiger partial charge in [-0.15, -0.1) is 0 Å². The molecule has 2 aromatic rings. The van der Waals surface area contributed by atoms with Gasteiger partial charge < -0.3 is 4.90 Å². The molecule has 6 nitrogen and oxygen atoms in total. The summed E-state index contributed by atoms with van der Waals surface area (Å²) < 4.78 is 1.69. The molecule has 0 spiro atoms. The van der Waals surface area contributed by atoms with Gasteiger partial charge in [0.25, 0.3) is 5.91 Å². The van der Waals surface area contributed by atoms with Crippen molar-refractivity contribution in [2.24, 2.45) is 13.0 Å². The standard InChI is InChI=1S/C20H27N5O/c1-14-5-7-15(8-6-14)18-11-21-23-19(18)16-4-3-9-25(13-16)20(26)17-10-22-24(2)12-17/h5-8,10,12,16,18-19,21,23H,3-4,9,11,13H2,1-2H3. The molecule has 1 amide bonds. The number of hydrogen-bond donors (Lipinski definition) is 2. The molecule has 2 fully saturated rings. The van der Waals surface area contributed by atoms with Crippen molar-refractivity contribution in [2.75, 3.05) is 19.6 Å². The molecule has 3 unspecified atom stereocenters. The van der Waals surface area contributed by atoms with Crippen LogP contribution < -0.4 is 10.9 Å². The first-order chi connectivity index (χ1) is 12.6. The van der Waals surface area contributed by atoms with E-state index in [9.17, 15) is 4.79 Å². The average molecular weight is 353 g/mol. The Hall–Kier alpha value is -2.18. The third-order valence-corrected chi connectivity index (χ3v) is 5.73. The van der Waals surface area contributed by atoms with Gasteiger partial charge in [-0.2, -0.15) is 5.10 Å². The van der Waals surface area contributed by atoms with Crippen LogP contribution in [0.3, 0.4) is 0 Å². The van der Waals surface area contributed by atoms with Gasteiger partial charge in [0.05, 0.1) is 11.8 Å². The van der Waals surface area contributed by atoms with E-state index in [-0.39, 0.29) is 5.91 Å². The molecule has 3 heterocycles. The van der Waals surface area contributed by atoms with Crippen LogP contribution in [-0.2, 0) is 7.05 Å². The molecule has 2 aliphatic rings. The third-order valence-electron chi connectivity index (χ3n) is 5.73. The molecule has 2 aliphatic heterocycles. The Morgan fingerprint density at radius 2 is 2.08 bits per heavy atom. The topological polar surface area (TPSA) is 62.2 Å². The van der Waals surface area contributed by atoms with E-state index in [0.29, 0.717) is 23.4 Å². The summed E-state index contributed by atoms with van der Waals surface area (Å²) in [5.74, 6) is 0.986. The number of aromatic nitrogens is 2. The fraction of sp³-hybridized carbons (Fsp3) is 0.500. The molecule has 26 heavy (non-hydrogen) atoms. The predicted molar refractivity (Wildman–Crippen MR) is 101 cm³/mol. The summed E-state index contributed by atoms with van der Waals surface area (Å²) in [5, 5.41) is 4.13. The van der Waals surface area contributed by atoms with Crippen LogP contribution in [0.5, 0.6) is 0 Å². The predicted octanol–water partition coefficient (Wildman–Crippen LogP) is 1.84. The zero-order valence-corrected chi connectivity index (χ0v) is 15.5. The molecule has 0 radical (unpaired) electrons. The van der Waals surface area contributed by atoms with E-state index in [0.717, 1.165) is 32.5 Å². The molecule has 3 atom stereocenters. The summed E-state index contributed by atoms with van der Waals surface area (Å²) in [4.78, 5) is 14.8. The lowest BCUT2D eigenvalue weighted by Crippen LogP contribution is -2.48. The summed E-state index contributed by atoms with van der Waals surface area (Å²) in [5.41, 5.74) is 10.2. The van der Waals surface area contributed by atoms with E-state index in [2.05, 4.69) is 47.1 Å². The van der Waals surface area contributed by atoms with Crippen LogP contribution in [0, 0.1) is 12.8 Å². The molecule has 1 aromatic carbocycles. The van der Waals surface area contributed by atoms with Crippen molar-refractivity contribution in [1.82, 2.24) is 25.5 Å². The van der Waals surface area contributed by atoms with Gasteiger partial charge in [-0.05, 0) is 31.2 Å². The minimum absolute atomic E-state index is 0.0978. The lowest BCUT2D eigenvalue weighted by molar-refractivity contribution is 0.0644. The maximum Gasteiger partial charge on any atom is 0.257 e. The maximum atomic E-state index is 12.8. The molecular weight excluding hydrogens is 326 g/mol. The number of piperidine rings is 1. The zero-order chi connectivity index (χ0) is 18.1. The van der Waals surface area contributed by atoms with Crippen molar-refractivity contribution in [3.8, 4) is 0 Å². The molecule has 0 aliphatic carbocycles. The second kappa shape index (κ2) is 7.21. The van der Waals surface area contributed by atoms with E-state index in [4.69, 9.17) is 0 Å². The SMILES string of the molecule is Cc1ccc(C2CNNC2C2CCCN(C(=O)c3cnn(C)c3)C2)cc1. The van der Waals surface area contributed by atoms with Gasteiger partial charge in [0.15, 0.2) is 0 Å². The van der Waals surface area contributed by atoms with Gasteiger partial charge in [-0.25, -0.2) is 0 Å². The number of likely N-dealkylation sites (tertiary alicyclic amines) is 1. The van der Waals surface area contributed by atoms with Crippen LogP contribution in [0.25, 0.3) is 0 Å². The Morgan fingerprint density at radius 1 is 1.27 bits per heavy atom. The number of nitrogens with one attached hydrogen (secondary N) is 2. The Labute approximate surface area is 154 Å². The van der Waals surface area contributed by atoms with Crippen molar-refractivity contribution in [2.45, 2.75) is 31.7 Å². The summed E-state index contributed by atoms with van der Waals surface area (Å²) in [7, 11) is 1.84. The molecule has 1 aromatic heterocycles. The summed E-state index contributed by atoms with van der Waals surface area (Å²) in [6, 6.07) is 9.20. The van der Waals surface area contributed by atoms with Gasteiger partial charge in [0.2, 0.25) is 0 Å². The van der Waals surface area contributed by atoms with E-state index in [1.807, 2.05) is 11.9 Å². The number of carbonyl (C=O) groups is 1. The van der Waals surface area contributed by atoms with Crippen LogP contribution in [-0.4, -0.2) is 46.3 Å². The third kappa shape index (κ3) is 3.39. The highest BCUT2D eigenvalue weighted by Gasteiger charge is 2.37. The van der Waals surface area contributed by atoms with Crippen LogP contribution in [0.15, 0.2) is 36.7 Å². The Morgan fingerprint density at radius 3 is 2.81 bits per heavy atom. The van der Waals surface area contributed by atoms with Gasteiger partial charge in [-0.1, -0.05) is 29.8 Å². The second-order valence-corrected chi connectivity index (χ2v) is 7.62. The molecule has 0 bridgehead atoms. The fourth-order valence-corrected chi connectivity index (χ4v) is 4.30. The number of hydrogen-bond acceptors (Lipinski definition) is 4.